The monoisotopic (exact) mass is 583 g/mol. The van der Waals surface area contributed by atoms with E-state index in [-0.39, 0.29) is 29.3 Å². The van der Waals surface area contributed by atoms with Crippen molar-refractivity contribution in [1.29, 1.82) is 0 Å². The number of aromatic nitrogens is 1. The Hall–Kier alpha value is -0.760. The van der Waals surface area contributed by atoms with Crippen LogP contribution in [-0.2, 0) is 21.5 Å². The Morgan fingerprint density at radius 3 is 2.84 bits per heavy atom. The zero-order valence-corrected chi connectivity index (χ0v) is 21.4. The van der Waals surface area contributed by atoms with Crippen molar-refractivity contribution in [2.45, 2.75) is 23.6 Å². The molecule has 2 atom stereocenters. The van der Waals surface area contributed by atoms with Crippen molar-refractivity contribution in [2.24, 2.45) is 0 Å². The number of carboxylic acid groups (broad SMARTS) is 1. The first-order valence-electron chi connectivity index (χ1n) is 9.08. The van der Waals surface area contributed by atoms with Gasteiger partial charge in [-0.3, -0.25) is 9.35 Å². The molecule has 166 valence electrons. The van der Waals surface area contributed by atoms with E-state index in [0.29, 0.717) is 10.9 Å². The Bertz CT molecular complexity index is 1210. The average Bonchev–Trinajstić information content (AvgIpc) is 3.27. The van der Waals surface area contributed by atoms with Crippen LogP contribution in [0.4, 0.5) is 0 Å². The predicted octanol–water partition coefficient (Wildman–Crippen LogP) is 4.18. The topological polar surface area (TPSA) is 98.8 Å². The number of halogens is 2. The molecule has 2 N–H and O–H groups in total. The zero-order valence-electron chi connectivity index (χ0n) is 15.8. The number of hydrogen-bond donors (Lipinski definition) is 2. The second kappa shape index (κ2) is 9.24. The van der Waals surface area contributed by atoms with E-state index >= 15 is 0 Å². The van der Waals surface area contributed by atoms with Gasteiger partial charge in [-0.05, 0) is 18.2 Å². The summed E-state index contributed by atoms with van der Waals surface area (Å²) in [6, 6.07) is 5.88. The van der Waals surface area contributed by atoms with Gasteiger partial charge in [-0.1, -0.05) is 62.4 Å². The van der Waals surface area contributed by atoms with Gasteiger partial charge in [-0.2, -0.15) is 13.0 Å². The highest BCUT2D eigenvalue weighted by Crippen LogP contribution is 2.52. The van der Waals surface area contributed by atoms with Gasteiger partial charge in [0, 0.05) is 17.0 Å². The minimum atomic E-state index is -4.05. The summed E-state index contributed by atoms with van der Waals surface area (Å²) < 4.78 is 36.0. The van der Waals surface area contributed by atoms with Gasteiger partial charge in [-0.15, -0.1) is 0 Å². The highest BCUT2D eigenvalue weighted by molar-refractivity contribution is 9.10. The number of carbonyl (C=O) groups is 1. The van der Waals surface area contributed by atoms with Crippen LogP contribution in [-0.4, -0.2) is 51.9 Å². The van der Waals surface area contributed by atoms with Crippen molar-refractivity contribution in [3.63, 3.8) is 0 Å². The fourth-order valence-corrected chi connectivity index (χ4v) is 8.67. The fraction of sp³-hybridized carbons (Fsp3) is 0.333. The third kappa shape index (κ3) is 5.43. The Labute approximate surface area is 205 Å². The molecule has 0 amide bonds. The van der Waals surface area contributed by atoms with E-state index in [1.807, 2.05) is 39.8 Å². The molecule has 2 aliphatic rings. The summed E-state index contributed by atoms with van der Waals surface area (Å²) in [5.74, 6) is -1.25. The smallest absolute Gasteiger partial charge is 0.323 e. The number of rotatable bonds is 7. The van der Waals surface area contributed by atoms with Crippen molar-refractivity contribution in [3.8, 4) is 0 Å². The minimum Gasteiger partial charge on any atom is -0.480 e. The lowest BCUT2D eigenvalue weighted by molar-refractivity contribution is -0.668. The number of aryl methyl sites for hydroxylation is 1. The van der Waals surface area contributed by atoms with Crippen molar-refractivity contribution < 1.29 is 27.4 Å². The summed E-state index contributed by atoms with van der Waals surface area (Å²) >= 11 is 14.2. The molecule has 2 aromatic rings. The van der Waals surface area contributed by atoms with Crippen LogP contribution in [0.1, 0.15) is 11.4 Å². The molecule has 0 bridgehead atoms. The molecule has 0 saturated carbocycles. The van der Waals surface area contributed by atoms with E-state index in [0.717, 1.165) is 24.7 Å². The van der Waals surface area contributed by atoms with Gasteiger partial charge in [-0.25, -0.2) is 0 Å². The average molecular weight is 585 g/mol. The molecular weight excluding hydrogens is 568 g/mol. The molecule has 3 heterocycles. The number of benzene rings is 1. The number of nitrogens with zero attached hydrogens (tertiary/aromatic N) is 2. The summed E-state index contributed by atoms with van der Waals surface area (Å²) in [6.07, 6.45) is 4.16. The number of fused-ring (bicyclic) bond motifs is 2. The molecule has 1 fully saturated rings. The molecule has 0 radical (unpaired) electrons. The maximum absolute atomic E-state index is 11.5. The lowest BCUT2D eigenvalue weighted by atomic mass is 10.3. The third-order valence-electron chi connectivity index (χ3n) is 4.69. The van der Waals surface area contributed by atoms with Gasteiger partial charge < -0.3 is 10.0 Å². The molecule has 1 aromatic carbocycles. The summed E-state index contributed by atoms with van der Waals surface area (Å²) in [6.45, 7) is 0.260. The zero-order chi connectivity index (χ0) is 22.3. The van der Waals surface area contributed by atoms with Gasteiger partial charge in [0.25, 0.3) is 15.1 Å². The van der Waals surface area contributed by atoms with Crippen molar-refractivity contribution in [3.05, 3.63) is 43.1 Å². The number of thiazole rings is 1. The molecule has 0 aliphatic carbocycles. The lowest BCUT2D eigenvalue weighted by Crippen LogP contribution is -2.37. The first kappa shape index (κ1) is 23.4. The van der Waals surface area contributed by atoms with Gasteiger partial charge >= 0.3 is 5.97 Å². The molecule has 31 heavy (non-hydrogen) atoms. The summed E-state index contributed by atoms with van der Waals surface area (Å²) in [5, 5.41) is 11.1. The van der Waals surface area contributed by atoms with Crippen LogP contribution in [0.2, 0.25) is 0 Å². The van der Waals surface area contributed by atoms with Crippen LogP contribution in [0.15, 0.2) is 38.1 Å². The SMILES string of the molecule is O=C(O)CN1C(=Cc2sc3ccc(Br)cc3[n+]2CCCS(=O)(=O)O)SC2C=C(Cl)SC21. The summed E-state index contributed by atoms with van der Waals surface area (Å²) in [4.78, 5) is 13.3. The van der Waals surface area contributed by atoms with E-state index in [9.17, 15) is 18.3 Å². The third-order valence-corrected chi connectivity index (χ3v) is 10.1. The molecular formula is C18H17BrClN2O5S4+. The molecule has 1 saturated heterocycles. The first-order valence-corrected chi connectivity index (χ1v) is 14.4. The van der Waals surface area contributed by atoms with Gasteiger partial charge in [0.15, 0.2) is 6.54 Å². The molecule has 13 heteroatoms. The normalized spacial score (nSPS) is 22.4. The van der Waals surface area contributed by atoms with Crippen LogP contribution in [0.25, 0.3) is 16.3 Å². The van der Waals surface area contributed by atoms with Crippen molar-refractivity contribution in [1.82, 2.24) is 4.90 Å². The van der Waals surface area contributed by atoms with Gasteiger partial charge in [0.1, 0.15) is 11.2 Å². The molecule has 7 nitrogen and oxygen atoms in total. The first-order chi connectivity index (χ1) is 14.6. The molecule has 4 rings (SSSR count). The maximum atomic E-state index is 11.5. The van der Waals surface area contributed by atoms with Crippen LogP contribution >= 0.6 is 62.4 Å². The van der Waals surface area contributed by atoms with E-state index < -0.39 is 16.1 Å². The van der Waals surface area contributed by atoms with Gasteiger partial charge in [0.05, 0.1) is 31.8 Å². The van der Waals surface area contributed by atoms with Crippen LogP contribution in [0, 0.1) is 0 Å². The van der Waals surface area contributed by atoms with Gasteiger partial charge in [0.2, 0.25) is 5.52 Å². The number of carboxylic acids is 1. The molecule has 2 unspecified atom stereocenters. The fourth-order valence-electron chi connectivity index (χ4n) is 3.45. The second-order valence-corrected chi connectivity index (χ2v) is 13.4. The standard InChI is InChI=1S/C18H16BrClN2O5S4/c19-10-2-3-12-11(6-10)21(4-1-5-31(25,26)27)15(28-12)8-16-22(9-17(23)24)18-13(29-16)7-14(20)30-18/h2-3,6-8,13,18H,1,4-5,9H2,(H-,23,24,25,26,27)/p+1. The largest absolute Gasteiger partial charge is 0.480 e. The minimum absolute atomic E-state index is 0.0691. The molecule has 0 spiro atoms. The van der Waals surface area contributed by atoms with Crippen molar-refractivity contribution in [2.75, 3.05) is 12.3 Å². The van der Waals surface area contributed by atoms with E-state index in [1.165, 1.54) is 11.8 Å². The van der Waals surface area contributed by atoms with Crippen LogP contribution in [0.5, 0.6) is 0 Å². The number of hydrogen-bond acceptors (Lipinski definition) is 7. The van der Waals surface area contributed by atoms with Crippen LogP contribution in [0.3, 0.4) is 0 Å². The number of thioether (sulfide) groups is 2. The Morgan fingerprint density at radius 1 is 1.35 bits per heavy atom. The van der Waals surface area contributed by atoms with E-state index in [4.69, 9.17) is 16.2 Å². The second-order valence-electron chi connectivity index (χ2n) is 6.91. The van der Waals surface area contributed by atoms with E-state index in [1.54, 1.807) is 23.1 Å². The Balaban J connectivity index is 1.73. The Morgan fingerprint density at radius 2 is 2.13 bits per heavy atom. The molecule has 2 aliphatic heterocycles. The molecule has 1 aromatic heterocycles. The lowest BCUT2D eigenvalue weighted by Gasteiger charge is -2.23. The highest BCUT2D eigenvalue weighted by Gasteiger charge is 2.43. The quantitative estimate of drug-likeness (QED) is 0.369. The summed E-state index contributed by atoms with van der Waals surface area (Å²) in [5.41, 5.74) is 0.937. The Kier molecular flexibility index (Phi) is 6.97. The van der Waals surface area contributed by atoms with Crippen LogP contribution < -0.4 is 4.57 Å². The number of aliphatic carboxylic acids is 1. The maximum Gasteiger partial charge on any atom is 0.323 e. The summed E-state index contributed by atoms with van der Waals surface area (Å²) in [7, 11) is -4.05. The van der Waals surface area contributed by atoms with E-state index in [2.05, 4.69) is 15.9 Å². The highest BCUT2D eigenvalue weighted by atomic mass is 79.9. The van der Waals surface area contributed by atoms with Crippen molar-refractivity contribution >= 4 is 94.8 Å². The predicted molar refractivity (Wildman–Crippen MR) is 130 cm³/mol.